The van der Waals surface area contributed by atoms with Crippen molar-refractivity contribution in [1.82, 2.24) is 0 Å². The molecule has 0 bridgehead atoms. The first-order valence-electron chi connectivity index (χ1n) is 7.82. The summed E-state index contributed by atoms with van der Waals surface area (Å²) >= 11 is 20.9. The van der Waals surface area contributed by atoms with Crippen molar-refractivity contribution in [3.63, 3.8) is 0 Å². The molecule has 0 aliphatic carbocycles. The fraction of sp³-hybridized carbons (Fsp3) is 0.400. The molecule has 2 aromatic carbocycles. The number of rotatable bonds is 0. The second-order valence-corrected chi connectivity index (χ2v) is 7.95. The van der Waals surface area contributed by atoms with Crippen molar-refractivity contribution >= 4 is 50.5 Å². The summed E-state index contributed by atoms with van der Waals surface area (Å²) in [6, 6.07) is 0. The van der Waals surface area contributed by atoms with Gasteiger partial charge in [-0.2, -0.15) is 19.6 Å². The zero-order valence-electron chi connectivity index (χ0n) is 15.9. The summed E-state index contributed by atoms with van der Waals surface area (Å²) in [6.45, 7) is 16.6. The van der Waals surface area contributed by atoms with Crippen LogP contribution in [0.5, 0.6) is 0 Å². The summed E-state index contributed by atoms with van der Waals surface area (Å²) in [5.41, 5.74) is 9.79. The van der Waals surface area contributed by atoms with E-state index in [-0.39, 0.29) is 16.5 Å². The van der Waals surface area contributed by atoms with E-state index in [2.05, 4.69) is 27.7 Å². The van der Waals surface area contributed by atoms with Crippen LogP contribution in [0.4, 0.5) is 0 Å². The molecule has 25 heavy (non-hydrogen) atoms. The predicted molar refractivity (Wildman–Crippen MR) is 113 cm³/mol. The standard InChI is InChI=1S/2C10H14S2.Ni/c2*1-5-6(2)8(4)10(12)9(11)7(5)3;/h2*11-12H,1-4H3;/p-4. The minimum Gasteiger partial charge on any atom is -0.781 e. The van der Waals surface area contributed by atoms with Gasteiger partial charge in [0.15, 0.2) is 0 Å². The number of hydrogen-bond donors (Lipinski definition) is 0. The molecule has 0 aliphatic heterocycles. The third-order valence-corrected chi connectivity index (χ3v) is 7.45. The topological polar surface area (TPSA) is 0 Å². The molecule has 0 spiro atoms. The van der Waals surface area contributed by atoms with Crippen LogP contribution in [0.3, 0.4) is 0 Å². The number of hydrogen-bond acceptors (Lipinski definition) is 4. The molecule has 2 aromatic rings. The van der Waals surface area contributed by atoms with Crippen LogP contribution >= 0.6 is 0 Å². The van der Waals surface area contributed by atoms with Crippen LogP contribution in [0.25, 0.3) is 0 Å². The van der Waals surface area contributed by atoms with Crippen molar-refractivity contribution in [1.29, 1.82) is 0 Å². The predicted octanol–water partition coefficient (Wildman–Crippen LogP) is 5.46. The van der Waals surface area contributed by atoms with Gasteiger partial charge in [0.2, 0.25) is 0 Å². The summed E-state index contributed by atoms with van der Waals surface area (Å²) < 4.78 is 0. The van der Waals surface area contributed by atoms with Gasteiger partial charge >= 0.3 is 0 Å². The maximum atomic E-state index is 5.22. The van der Waals surface area contributed by atoms with E-state index in [1.807, 2.05) is 27.7 Å². The Balaban J connectivity index is 0.000000443. The van der Waals surface area contributed by atoms with Crippen molar-refractivity contribution in [2.24, 2.45) is 0 Å². The molecule has 0 unspecified atom stereocenters. The van der Waals surface area contributed by atoms with E-state index in [1.165, 1.54) is 22.3 Å². The molecule has 0 nitrogen and oxygen atoms in total. The maximum absolute atomic E-state index is 5.22. The minimum atomic E-state index is 0. The summed E-state index contributed by atoms with van der Waals surface area (Å²) in [5.74, 6) is 0. The van der Waals surface area contributed by atoms with Gasteiger partial charge in [0.1, 0.15) is 0 Å². The second-order valence-electron chi connectivity index (χ2n) is 6.32. The van der Waals surface area contributed by atoms with Gasteiger partial charge in [-0.25, -0.2) is 0 Å². The maximum Gasteiger partial charge on any atom is 0 e. The molecule has 2 rings (SSSR count). The fourth-order valence-corrected chi connectivity index (χ4v) is 3.71. The molecule has 0 saturated carbocycles. The largest absolute Gasteiger partial charge is 0.781 e. The molecular weight excluding hydrogens is 427 g/mol. The molecule has 0 fully saturated rings. The molecule has 0 N–H and O–H groups in total. The Kier molecular flexibility index (Phi) is 9.59. The van der Waals surface area contributed by atoms with Gasteiger partial charge in [-0.15, -0.1) is 0 Å². The van der Waals surface area contributed by atoms with E-state index in [1.54, 1.807) is 0 Å². The average molecular weight is 451 g/mol. The van der Waals surface area contributed by atoms with Crippen LogP contribution in [-0.2, 0) is 67.0 Å². The number of benzene rings is 2. The van der Waals surface area contributed by atoms with Crippen LogP contribution < -0.4 is 0 Å². The van der Waals surface area contributed by atoms with Crippen molar-refractivity contribution in [2.45, 2.75) is 75.0 Å². The molecule has 142 valence electrons. The van der Waals surface area contributed by atoms with Crippen LogP contribution in [0, 0.1) is 55.4 Å². The van der Waals surface area contributed by atoms with E-state index in [0.29, 0.717) is 0 Å². The molecule has 5 heteroatoms. The van der Waals surface area contributed by atoms with Gasteiger partial charge in [0, 0.05) is 16.5 Å². The smallest absolute Gasteiger partial charge is 0 e. The second kappa shape index (κ2) is 9.66. The van der Waals surface area contributed by atoms with Crippen molar-refractivity contribution in [2.75, 3.05) is 0 Å². The average Bonchev–Trinajstić information content (AvgIpc) is 2.58. The Morgan fingerprint density at radius 3 is 0.560 bits per heavy atom. The zero-order valence-corrected chi connectivity index (χ0v) is 20.2. The van der Waals surface area contributed by atoms with Gasteiger partial charge in [0.05, 0.1) is 0 Å². The molecule has 0 heterocycles. The third-order valence-electron chi connectivity index (χ3n) is 5.15. The molecule has 0 atom stereocenters. The zero-order chi connectivity index (χ0) is 18.9. The molecule has 0 amide bonds. The molecule has 0 aliphatic rings. The van der Waals surface area contributed by atoms with Gasteiger partial charge in [-0.05, 0) is 77.6 Å². The Morgan fingerprint density at radius 2 is 0.440 bits per heavy atom. The van der Waals surface area contributed by atoms with Crippen molar-refractivity contribution in [3.05, 3.63) is 44.5 Å². The normalized spacial score (nSPS) is 9.92. The van der Waals surface area contributed by atoms with E-state index in [4.69, 9.17) is 50.5 Å². The monoisotopic (exact) mass is 450 g/mol. The van der Waals surface area contributed by atoms with Gasteiger partial charge in [-0.3, -0.25) is 0 Å². The van der Waals surface area contributed by atoms with E-state index in [9.17, 15) is 0 Å². The first-order valence-corrected chi connectivity index (χ1v) is 9.45. The summed E-state index contributed by atoms with van der Waals surface area (Å²) in [5, 5.41) is 0. The summed E-state index contributed by atoms with van der Waals surface area (Å²) in [6.07, 6.45) is 0. The molecule has 0 radical (unpaired) electrons. The SMILES string of the molecule is Cc1c(C)c(C)c([S-])c([S-])c1C.Cc1c(C)c(C)c([S-])c([S-])c1C.[Ni]. The quantitative estimate of drug-likeness (QED) is 0.385. The first-order chi connectivity index (χ1) is 10.9. The first kappa shape index (κ1) is 24.8. The van der Waals surface area contributed by atoms with Crippen molar-refractivity contribution in [3.8, 4) is 0 Å². The minimum absolute atomic E-state index is 0. The molecule has 0 saturated heterocycles. The fourth-order valence-electron chi connectivity index (χ4n) is 2.49. The van der Waals surface area contributed by atoms with Crippen LogP contribution in [0.15, 0.2) is 19.6 Å². The van der Waals surface area contributed by atoms with Crippen LogP contribution in [-0.4, -0.2) is 0 Å². The third kappa shape index (κ3) is 4.96. The summed E-state index contributed by atoms with van der Waals surface area (Å²) in [7, 11) is 0. The van der Waals surface area contributed by atoms with E-state index >= 15 is 0 Å². The van der Waals surface area contributed by atoms with E-state index < -0.39 is 0 Å². The van der Waals surface area contributed by atoms with Gasteiger partial charge < -0.3 is 50.5 Å². The Labute approximate surface area is 185 Å². The Morgan fingerprint density at radius 1 is 0.320 bits per heavy atom. The molecular formula is C20H24NiS4-4. The van der Waals surface area contributed by atoms with E-state index in [0.717, 1.165) is 41.8 Å². The molecule has 0 aromatic heterocycles. The van der Waals surface area contributed by atoms with Crippen LogP contribution in [0.1, 0.15) is 44.5 Å². The van der Waals surface area contributed by atoms with Gasteiger partial charge in [0.25, 0.3) is 0 Å². The van der Waals surface area contributed by atoms with Gasteiger partial charge in [-0.1, -0.05) is 22.3 Å². The Bertz CT molecular complexity index is 518. The van der Waals surface area contributed by atoms with Crippen LogP contribution in [0.2, 0.25) is 0 Å². The summed E-state index contributed by atoms with van der Waals surface area (Å²) in [4.78, 5) is 3.41. The Hall–Kier alpha value is -0.186. The van der Waals surface area contributed by atoms with Crippen molar-refractivity contribution < 1.29 is 16.5 Å².